The molecule has 0 saturated heterocycles. The van der Waals surface area contributed by atoms with Gasteiger partial charge in [-0.2, -0.15) is 14.0 Å². The van der Waals surface area contributed by atoms with Crippen LogP contribution in [0.15, 0.2) is 18.2 Å². The van der Waals surface area contributed by atoms with Gasteiger partial charge < -0.3 is 8.92 Å². The number of benzene rings is 1. The van der Waals surface area contributed by atoms with E-state index in [9.17, 15) is 13.2 Å². The summed E-state index contributed by atoms with van der Waals surface area (Å²) in [4.78, 5) is 0. The van der Waals surface area contributed by atoms with E-state index in [0.29, 0.717) is 0 Å². The Morgan fingerprint density at radius 2 is 1.89 bits per heavy atom. The van der Waals surface area contributed by atoms with Gasteiger partial charge in [-0.3, -0.25) is 0 Å². The maximum Gasteiger partial charge on any atom is 0.387 e. The number of alkyl halides is 2. The van der Waals surface area contributed by atoms with E-state index in [1.54, 1.807) is 18.8 Å². The van der Waals surface area contributed by atoms with Gasteiger partial charge >= 0.3 is 6.61 Å². The van der Waals surface area contributed by atoms with Crippen molar-refractivity contribution in [3.05, 3.63) is 29.6 Å². The second kappa shape index (κ2) is 6.17. The van der Waals surface area contributed by atoms with Gasteiger partial charge in [0.25, 0.3) is 0 Å². The average Bonchev–Trinajstić information content (AvgIpc) is 2.26. The van der Waals surface area contributed by atoms with Gasteiger partial charge in [0.15, 0.2) is 6.10 Å². The van der Waals surface area contributed by atoms with Crippen molar-refractivity contribution in [3.8, 4) is 11.8 Å². The molecule has 1 aromatic carbocycles. The minimum atomic E-state index is -3.05. The second-order valence-electron chi connectivity index (χ2n) is 4.39. The van der Waals surface area contributed by atoms with Crippen LogP contribution in [0, 0.1) is 17.1 Å². The molecule has 19 heavy (non-hydrogen) atoms. The highest BCUT2D eigenvalue weighted by Gasteiger charge is 2.23. The first-order valence-electron chi connectivity index (χ1n) is 5.23. The molecule has 0 saturated carbocycles. The normalized spacial score (nSPS) is 14.0. The number of hydrogen-bond acceptors (Lipinski definition) is 3. The molecule has 0 radical (unpaired) electrons. The highest BCUT2D eigenvalue weighted by atomic mass is 32.3. The van der Waals surface area contributed by atoms with Crippen molar-refractivity contribution >= 4 is 10.3 Å². The van der Waals surface area contributed by atoms with Crippen molar-refractivity contribution < 1.29 is 22.1 Å². The molecule has 0 aliphatic rings. The van der Waals surface area contributed by atoms with Crippen LogP contribution in [-0.4, -0.2) is 25.4 Å². The summed E-state index contributed by atoms with van der Waals surface area (Å²) < 4.78 is 47.5. The van der Waals surface area contributed by atoms with E-state index in [0.717, 1.165) is 18.2 Å². The fourth-order valence-corrected chi connectivity index (χ4v) is 2.08. The molecule has 3 nitrogen and oxygen atoms in total. The van der Waals surface area contributed by atoms with E-state index in [1.807, 2.05) is 6.07 Å². The molecule has 0 aliphatic heterocycles. The van der Waals surface area contributed by atoms with Crippen molar-refractivity contribution in [1.29, 1.82) is 5.26 Å². The molecule has 0 aromatic heterocycles. The quantitative estimate of drug-likeness (QED) is 0.832. The molecule has 0 fully saturated rings. The van der Waals surface area contributed by atoms with Gasteiger partial charge in [0.2, 0.25) is 0 Å². The second-order valence-corrected chi connectivity index (χ2v) is 8.03. The number of halogens is 3. The van der Waals surface area contributed by atoms with Gasteiger partial charge in [0.05, 0.1) is 0 Å². The van der Waals surface area contributed by atoms with Crippen LogP contribution in [0.1, 0.15) is 11.7 Å². The van der Waals surface area contributed by atoms with E-state index in [1.165, 1.54) is 0 Å². The predicted octanol–water partition coefficient (Wildman–Crippen LogP) is 3.62. The Hall–Kier alpha value is -1.39. The van der Waals surface area contributed by atoms with Crippen molar-refractivity contribution in [2.75, 3.05) is 18.8 Å². The largest absolute Gasteiger partial charge is 0.434 e. The van der Waals surface area contributed by atoms with Gasteiger partial charge in [0, 0.05) is 5.56 Å². The van der Waals surface area contributed by atoms with Crippen LogP contribution < -0.4 is 4.74 Å². The smallest absolute Gasteiger partial charge is 0.387 e. The molecule has 1 unspecified atom stereocenters. The van der Waals surface area contributed by atoms with Crippen LogP contribution in [-0.2, 0) is 4.18 Å². The first-order chi connectivity index (χ1) is 8.73. The molecule has 1 atom stereocenters. The molecule has 0 spiro atoms. The van der Waals surface area contributed by atoms with Gasteiger partial charge in [-0.15, -0.1) is 10.3 Å². The average molecular weight is 293 g/mol. The molecule has 106 valence electrons. The molecule has 0 N–H and O–H groups in total. The van der Waals surface area contributed by atoms with Crippen LogP contribution in [0.2, 0.25) is 0 Å². The third kappa shape index (κ3) is 5.01. The maximum absolute atomic E-state index is 13.2. The highest BCUT2D eigenvalue weighted by Crippen LogP contribution is 2.43. The Morgan fingerprint density at radius 1 is 1.26 bits per heavy atom. The van der Waals surface area contributed by atoms with Gasteiger partial charge in [0.1, 0.15) is 17.6 Å². The topological polar surface area (TPSA) is 42.2 Å². The molecule has 0 heterocycles. The first-order valence-corrected chi connectivity index (χ1v) is 8.01. The molecule has 1 rings (SSSR count). The van der Waals surface area contributed by atoms with E-state index < -0.39 is 28.8 Å². The lowest BCUT2D eigenvalue weighted by Crippen LogP contribution is -2.10. The van der Waals surface area contributed by atoms with E-state index in [-0.39, 0.29) is 11.3 Å². The summed E-state index contributed by atoms with van der Waals surface area (Å²) in [6, 6.07) is 4.84. The zero-order chi connectivity index (χ0) is 14.6. The molecule has 0 bridgehead atoms. The summed E-state index contributed by atoms with van der Waals surface area (Å²) in [5.74, 6) is -0.907. The summed E-state index contributed by atoms with van der Waals surface area (Å²) in [7, 11) is -1.53. The fourth-order valence-electron chi connectivity index (χ4n) is 1.36. The van der Waals surface area contributed by atoms with Crippen LogP contribution in [0.4, 0.5) is 13.2 Å². The van der Waals surface area contributed by atoms with E-state index >= 15 is 0 Å². The summed E-state index contributed by atoms with van der Waals surface area (Å²) in [5, 5.41) is 9.07. The lowest BCUT2D eigenvalue weighted by Gasteiger charge is -2.29. The Balaban J connectivity index is 3.14. The molecule has 0 aliphatic carbocycles. The summed E-state index contributed by atoms with van der Waals surface area (Å²) >= 11 is 0. The van der Waals surface area contributed by atoms with Gasteiger partial charge in [-0.05, 0) is 37.0 Å². The van der Waals surface area contributed by atoms with Crippen LogP contribution in [0.25, 0.3) is 0 Å². The zero-order valence-corrected chi connectivity index (χ0v) is 11.5. The maximum atomic E-state index is 13.2. The van der Waals surface area contributed by atoms with E-state index in [4.69, 9.17) is 9.44 Å². The third-order valence-corrected chi connectivity index (χ3v) is 2.74. The Bertz CT molecular complexity index is 483. The van der Waals surface area contributed by atoms with Crippen molar-refractivity contribution in [1.82, 2.24) is 0 Å². The number of rotatable bonds is 5. The Morgan fingerprint density at radius 3 is 2.37 bits per heavy atom. The lowest BCUT2D eigenvalue weighted by molar-refractivity contribution is -0.0510. The van der Waals surface area contributed by atoms with Gasteiger partial charge in [-0.25, -0.2) is 4.39 Å². The molecule has 1 aromatic rings. The summed E-state index contributed by atoms with van der Waals surface area (Å²) in [5.41, 5.74) is -0.0368. The predicted molar refractivity (Wildman–Crippen MR) is 67.8 cm³/mol. The minimum Gasteiger partial charge on any atom is -0.434 e. The van der Waals surface area contributed by atoms with Crippen molar-refractivity contribution in [3.63, 3.8) is 0 Å². The Kier molecular flexibility index (Phi) is 5.09. The number of hydrogen-bond donors (Lipinski definition) is 0. The van der Waals surface area contributed by atoms with E-state index in [2.05, 4.69) is 4.74 Å². The van der Waals surface area contributed by atoms with Crippen molar-refractivity contribution in [2.45, 2.75) is 12.7 Å². The summed E-state index contributed by atoms with van der Waals surface area (Å²) in [6.07, 6.45) is 4.19. The molecular weight excluding hydrogens is 279 g/mol. The van der Waals surface area contributed by atoms with Crippen molar-refractivity contribution in [2.24, 2.45) is 0 Å². The number of nitrogens with zero attached hydrogens (tertiary/aromatic N) is 1. The molecule has 7 heteroatoms. The Labute approximate surface area is 111 Å². The van der Waals surface area contributed by atoms with Crippen LogP contribution in [0.3, 0.4) is 0 Å². The number of ether oxygens (including phenoxy) is 1. The minimum absolute atomic E-state index is 0.0368. The van der Waals surface area contributed by atoms with Crippen LogP contribution >= 0.6 is 10.3 Å². The SMILES string of the molecule is CS(C)(C)OC(C#N)c1cc(F)ccc1OC(F)F. The monoisotopic (exact) mass is 293 g/mol. The standard InChI is InChI=1S/C12H14F3NO2S/c1-19(2,3)18-11(7-16)9-6-8(13)4-5-10(9)17-12(14)15/h4-6,11-12H,1-3H3. The third-order valence-electron chi connectivity index (χ3n) is 1.97. The fraction of sp³-hybridized carbons (Fsp3) is 0.417. The molecule has 0 amide bonds. The zero-order valence-electron chi connectivity index (χ0n) is 10.7. The van der Waals surface area contributed by atoms with Gasteiger partial charge in [-0.1, -0.05) is 0 Å². The first kappa shape index (κ1) is 15.7. The lowest BCUT2D eigenvalue weighted by atomic mass is 10.1. The summed E-state index contributed by atoms with van der Waals surface area (Å²) in [6.45, 7) is -3.05. The van der Waals surface area contributed by atoms with Crippen LogP contribution in [0.5, 0.6) is 5.75 Å². The molecular formula is C12H14F3NO2S. The highest BCUT2D eigenvalue weighted by molar-refractivity contribution is 8.28. The number of nitriles is 1.